The van der Waals surface area contributed by atoms with E-state index in [9.17, 15) is 19.5 Å². The van der Waals surface area contributed by atoms with Crippen LogP contribution in [0.15, 0.2) is 15.8 Å². The topological polar surface area (TPSA) is 157 Å². The molecule has 1 aromatic heterocycles. The molecule has 2 heterocycles. The van der Waals surface area contributed by atoms with Gasteiger partial charge in [0.15, 0.2) is 6.23 Å². The largest absolute Gasteiger partial charge is 0.394 e. The fourth-order valence-electron chi connectivity index (χ4n) is 2.20. The van der Waals surface area contributed by atoms with Gasteiger partial charge in [-0.1, -0.05) is 0 Å². The molecule has 21 heavy (non-hydrogen) atoms. The zero-order chi connectivity index (χ0) is 15.7. The molecule has 5 N–H and O–H groups in total. The zero-order valence-corrected chi connectivity index (χ0v) is 11.1. The van der Waals surface area contributed by atoms with Crippen molar-refractivity contribution in [2.75, 3.05) is 13.7 Å². The Labute approximate surface area is 117 Å². The minimum Gasteiger partial charge on any atom is -0.394 e. The minimum absolute atomic E-state index is 0.435. The Morgan fingerprint density at radius 1 is 1.57 bits per heavy atom. The number of carbonyl (C=O) groups is 1. The Morgan fingerprint density at radius 3 is 2.76 bits per heavy atom. The molecule has 4 atom stereocenters. The number of nitrogens with two attached hydrogens (primary N) is 1. The standard InChI is InChI=1S/C11H15N3O7/c1-20-7-6(16)5(3-15)21-10(7)14-2-4(8(12)17)9(18)13-11(14)19/h2,5-7,10,15-16H,3H2,1H3,(H2,12,17)(H,13,18,19)/t5-,6-,7-,10-/m1/s1. The van der Waals surface area contributed by atoms with Crippen LogP contribution in [0.25, 0.3) is 0 Å². The Morgan fingerprint density at radius 2 is 2.24 bits per heavy atom. The van der Waals surface area contributed by atoms with Gasteiger partial charge in [-0.3, -0.25) is 19.1 Å². The number of amides is 1. The summed E-state index contributed by atoms with van der Waals surface area (Å²) in [6, 6.07) is 0. The van der Waals surface area contributed by atoms with Crippen molar-refractivity contribution < 1.29 is 24.5 Å². The number of hydrogen-bond acceptors (Lipinski definition) is 7. The number of ether oxygens (including phenoxy) is 2. The average Bonchev–Trinajstić information content (AvgIpc) is 2.74. The molecule has 1 fully saturated rings. The second-order valence-electron chi connectivity index (χ2n) is 4.51. The van der Waals surface area contributed by atoms with Gasteiger partial charge in [-0.25, -0.2) is 4.79 Å². The second kappa shape index (κ2) is 5.77. The number of aromatic amines is 1. The molecular formula is C11H15N3O7. The van der Waals surface area contributed by atoms with Crippen molar-refractivity contribution in [3.05, 3.63) is 32.6 Å². The van der Waals surface area contributed by atoms with Crippen LogP contribution in [0.2, 0.25) is 0 Å². The number of primary amides is 1. The molecule has 10 heteroatoms. The van der Waals surface area contributed by atoms with E-state index in [2.05, 4.69) is 0 Å². The third kappa shape index (κ3) is 2.61. The SMILES string of the molecule is CO[C@@H]1[C@H](O)[C@@H](CO)O[C@H]1n1cc(C(N)=O)c(=O)[nH]c1=O. The van der Waals surface area contributed by atoms with E-state index in [4.69, 9.17) is 20.3 Å². The summed E-state index contributed by atoms with van der Waals surface area (Å²) in [6.45, 7) is -0.488. The molecule has 0 bridgehead atoms. The fourth-order valence-corrected chi connectivity index (χ4v) is 2.20. The van der Waals surface area contributed by atoms with Gasteiger partial charge < -0.3 is 25.4 Å². The van der Waals surface area contributed by atoms with Crippen LogP contribution in [0.4, 0.5) is 0 Å². The highest BCUT2D eigenvalue weighted by molar-refractivity contribution is 5.91. The van der Waals surface area contributed by atoms with Gasteiger partial charge in [0.05, 0.1) is 6.61 Å². The lowest BCUT2D eigenvalue weighted by Crippen LogP contribution is -2.41. The van der Waals surface area contributed by atoms with E-state index in [1.807, 2.05) is 4.98 Å². The van der Waals surface area contributed by atoms with Crippen LogP contribution in [0.1, 0.15) is 16.6 Å². The molecule has 0 spiro atoms. The fraction of sp³-hybridized carbons (Fsp3) is 0.545. The number of aliphatic hydroxyl groups excluding tert-OH is 2. The quantitative estimate of drug-likeness (QED) is 0.458. The number of methoxy groups -OCH3 is 1. The molecule has 1 aliphatic rings. The summed E-state index contributed by atoms with van der Waals surface area (Å²) in [6.07, 6.45) is -3.29. The Balaban J connectivity index is 2.51. The maximum Gasteiger partial charge on any atom is 0.330 e. The Kier molecular flexibility index (Phi) is 4.23. The van der Waals surface area contributed by atoms with E-state index in [-0.39, 0.29) is 0 Å². The van der Waals surface area contributed by atoms with E-state index >= 15 is 0 Å². The lowest BCUT2D eigenvalue weighted by molar-refractivity contribution is -0.0626. The molecule has 2 rings (SSSR count). The average molecular weight is 301 g/mol. The Hall–Kier alpha value is -2.01. The Bertz CT molecular complexity index is 652. The van der Waals surface area contributed by atoms with Crippen LogP contribution in [0.3, 0.4) is 0 Å². The van der Waals surface area contributed by atoms with E-state index < -0.39 is 53.9 Å². The van der Waals surface area contributed by atoms with Crippen LogP contribution in [-0.2, 0) is 9.47 Å². The number of nitrogens with one attached hydrogen (secondary N) is 1. The third-order valence-electron chi connectivity index (χ3n) is 3.27. The molecule has 10 nitrogen and oxygen atoms in total. The summed E-state index contributed by atoms with van der Waals surface area (Å²) in [4.78, 5) is 36.4. The highest BCUT2D eigenvalue weighted by Crippen LogP contribution is 2.30. The molecule has 0 radical (unpaired) electrons. The normalized spacial score (nSPS) is 28.7. The molecule has 0 saturated carbocycles. The van der Waals surface area contributed by atoms with E-state index in [1.165, 1.54) is 7.11 Å². The summed E-state index contributed by atoms with van der Waals surface area (Å²) in [5.41, 5.74) is 2.83. The van der Waals surface area contributed by atoms with Crippen molar-refractivity contribution in [3.8, 4) is 0 Å². The van der Waals surface area contributed by atoms with E-state index in [0.29, 0.717) is 0 Å². The molecule has 0 unspecified atom stereocenters. The summed E-state index contributed by atoms with van der Waals surface area (Å²) in [5.74, 6) is -1.02. The maximum atomic E-state index is 11.8. The summed E-state index contributed by atoms with van der Waals surface area (Å²) < 4.78 is 11.3. The van der Waals surface area contributed by atoms with Crippen molar-refractivity contribution >= 4 is 5.91 Å². The first-order chi connectivity index (χ1) is 9.90. The van der Waals surface area contributed by atoms with Gasteiger partial charge >= 0.3 is 5.69 Å². The lowest BCUT2D eigenvalue weighted by Gasteiger charge is -2.20. The van der Waals surface area contributed by atoms with Crippen LogP contribution < -0.4 is 17.0 Å². The van der Waals surface area contributed by atoms with Gasteiger partial charge in [0.1, 0.15) is 23.9 Å². The summed E-state index contributed by atoms with van der Waals surface area (Å²) >= 11 is 0. The molecule has 1 aliphatic heterocycles. The number of aromatic nitrogens is 2. The molecule has 0 aliphatic carbocycles. The monoisotopic (exact) mass is 301 g/mol. The van der Waals surface area contributed by atoms with Crippen molar-refractivity contribution in [2.24, 2.45) is 5.73 Å². The molecule has 116 valence electrons. The van der Waals surface area contributed by atoms with Crippen molar-refractivity contribution in [3.63, 3.8) is 0 Å². The number of nitrogens with zero attached hydrogens (tertiary/aromatic N) is 1. The van der Waals surface area contributed by atoms with Crippen LogP contribution in [0, 0.1) is 0 Å². The number of H-pyrrole nitrogens is 1. The second-order valence-corrected chi connectivity index (χ2v) is 4.51. The summed E-state index contributed by atoms with van der Waals surface area (Å²) in [7, 11) is 1.29. The summed E-state index contributed by atoms with van der Waals surface area (Å²) in [5, 5.41) is 19.0. The van der Waals surface area contributed by atoms with Gasteiger partial charge in [-0.2, -0.15) is 0 Å². The van der Waals surface area contributed by atoms with Gasteiger partial charge in [-0.15, -0.1) is 0 Å². The third-order valence-corrected chi connectivity index (χ3v) is 3.27. The molecular weight excluding hydrogens is 286 g/mol. The molecule has 1 amide bonds. The number of aliphatic hydroxyl groups is 2. The van der Waals surface area contributed by atoms with E-state index in [1.54, 1.807) is 0 Å². The first kappa shape index (κ1) is 15.4. The maximum absolute atomic E-state index is 11.8. The van der Waals surface area contributed by atoms with Gasteiger partial charge in [0.2, 0.25) is 0 Å². The van der Waals surface area contributed by atoms with E-state index in [0.717, 1.165) is 10.8 Å². The predicted molar refractivity (Wildman–Crippen MR) is 67.6 cm³/mol. The first-order valence-corrected chi connectivity index (χ1v) is 6.03. The molecule has 1 aromatic rings. The number of hydrogen-bond donors (Lipinski definition) is 4. The van der Waals surface area contributed by atoms with Crippen molar-refractivity contribution in [1.29, 1.82) is 0 Å². The lowest BCUT2D eigenvalue weighted by atomic mass is 10.1. The first-order valence-electron chi connectivity index (χ1n) is 6.03. The smallest absolute Gasteiger partial charge is 0.330 e. The zero-order valence-electron chi connectivity index (χ0n) is 11.1. The molecule has 0 aromatic carbocycles. The van der Waals surface area contributed by atoms with Crippen LogP contribution >= 0.6 is 0 Å². The highest BCUT2D eigenvalue weighted by Gasteiger charge is 2.45. The highest BCUT2D eigenvalue weighted by atomic mass is 16.6. The van der Waals surface area contributed by atoms with Gasteiger partial charge in [-0.05, 0) is 0 Å². The number of rotatable bonds is 4. The van der Waals surface area contributed by atoms with Crippen LogP contribution in [-0.4, -0.2) is 57.7 Å². The van der Waals surface area contributed by atoms with Gasteiger partial charge in [0.25, 0.3) is 11.5 Å². The number of carbonyl (C=O) groups excluding carboxylic acids is 1. The van der Waals surface area contributed by atoms with Crippen LogP contribution in [0.5, 0.6) is 0 Å². The predicted octanol–water partition coefficient (Wildman–Crippen LogP) is -3.10. The minimum atomic E-state index is -1.18. The van der Waals surface area contributed by atoms with Gasteiger partial charge in [0, 0.05) is 13.3 Å². The van der Waals surface area contributed by atoms with Crippen molar-refractivity contribution in [1.82, 2.24) is 9.55 Å². The molecule has 1 saturated heterocycles. The van der Waals surface area contributed by atoms with Crippen molar-refractivity contribution in [2.45, 2.75) is 24.5 Å².